The van der Waals surface area contributed by atoms with Crippen LogP contribution >= 0.6 is 46.3 Å². The average molecular weight is 525 g/mol. The number of amides is 1. The summed E-state index contributed by atoms with van der Waals surface area (Å²) >= 11 is 8.66. The van der Waals surface area contributed by atoms with Crippen LogP contribution in [0.5, 0.6) is 5.75 Å². The van der Waals surface area contributed by atoms with Crippen molar-refractivity contribution in [2.24, 2.45) is 0 Å². The number of nitrogens with one attached hydrogen (secondary N) is 3. The van der Waals surface area contributed by atoms with Crippen molar-refractivity contribution in [3.05, 3.63) is 63.2 Å². The third-order valence-corrected chi connectivity index (χ3v) is 4.87. The van der Waals surface area contributed by atoms with E-state index in [4.69, 9.17) is 17.0 Å². The Hall–Kier alpha value is -2.31. The molecule has 0 aliphatic carbocycles. The van der Waals surface area contributed by atoms with E-state index in [2.05, 4.69) is 48.1 Å². The number of rotatable bonds is 7. The van der Waals surface area contributed by atoms with E-state index in [9.17, 15) is 4.79 Å². The molecule has 1 amide bonds. The zero-order valence-electron chi connectivity index (χ0n) is 14.5. The summed E-state index contributed by atoms with van der Waals surface area (Å²) in [7, 11) is 0. The number of hydrogen-bond donors (Lipinski definition) is 3. The number of thiocarbonyl (C=S) groups is 1. The molecule has 3 aromatic rings. The van der Waals surface area contributed by atoms with Gasteiger partial charge >= 0.3 is 0 Å². The molecule has 10 heteroatoms. The van der Waals surface area contributed by atoms with Gasteiger partial charge in [0.2, 0.25) is 0 Å². The highest BCUT2D eigenvalue weighted by Gasteiger charge is 2.08. The van der Waals surface area contributed by atoms with Crippen molar-refractivity contribution in [1.29, 1.82) is 0 Å². The van der Waals surface area contributed by atoms with Crippen LogP contribution in [0.1, 0.15) is 10.5 Å². The van der Waals surface area contributed by atoms with Gasteiger partial charge in [0.1, 0.15) is 12.4 Å². The van der Waals surface area contributed by atoms with Crippen LogP contribution < -0.4 is 20.7 Å². The highest BCUT2D eigenvalue weighted by Crippen LogP contribution is 2.15. The summed E-state index contributed by atoms with van der Waals surface area (Å²) in [6, 6.07) is 15.1. The molecule has 28 heavy (non-hydrogen) atoms. The van der Waals surface area contributed by atoms with Crippen LogP contribution in [0.25, 0.3) is 0 Å². The Kier molecular flexibility index (Phi) is 7.51. The lowest BCUT2D eigenvalue weighted by atomic mass is 10.2. The second-order valence-electron chi connectivity index (χ2n) is 5.51. The number of anilines is 2. The van der Waals surface area contributed by atoms with Gasteiger partial charge in [-0.05, 0) is 88.8 Å². The lowest BCUT2D eigenvalue weighted by Gasteiger charge is -2.12. The Morgan fingerprint density at radius 3 is 2.57 bits per heavy atom. The predicted octanol–water partition coefficient (Wildman–Crippen LogP) is 3.76. The average Bonchev–Trinajstić information content (AvgIpc) is 3.22. The Morgan fingerprint density at radius 1 is 1.14 bits per heavy atom. The molecular formula is C18H16IN5O2S2. The summed E-state index contributed by atoms with van der Waals surface area (Å²) < 4.78 is 10.5. The molecular weight excluding hydrogens is 509 g/mol. The molecule has 3 rings (SSSR count). The quantitative estimate of drug-likeness (QED) is 0.246. The van der Waals surface area contributed by atoms with Crippen LogP contribution in [0.15, 0.2) is 53.9 Å². The Bertz CT molecular complexity index is 935. The van der Waals surface area contributed by atoms with E-state index in [1.54, 1.807) is 17.5 Å². The van der Waals surface area contributed by atoms with Crippen molar-refractivity contribution < 1.29 is 9.53 Å². The van der Waals surface area contributed by atoms with Gasteiger partial charge in [-0.2, -0.15) is 0 Å². The third kappa shape index (κ3) is 6.39. The molecule has 0 saturated carbocycles. The summed E-state index contributed by atoms with van der Waals surface area (Å²) in [5.41, 5.74) is 1.77. The molecule has 0 aliphatic rings. The van der Waals surface area contributed by atoms with Gasteiger partial charge in [-0.15, -0.1) is 5.10 Å². The van der Waals surface area contributed by atoms with E-state index < -0.39 is 0 Å². The van der Waals surface area contributed by atoms with Gasteiger partial charge in [-0.25, -0.2) is 0 Å². The first-order chi connectivity index (χ1) is 13.6. The van der Waals surface area contributed by atoms with Crippen LogP contribution in [0, 0.1) is 3.57 Å². The molecule has 1 aromatic heterocycles. The second-order valence-corrected chi connectivity index (χ2v) is 7.77. The maximum atomic E-state index is 11.9. The minimum absolute atomic E-state index is 0.292. The smallest absolute Gasteiger partial charge is 0.277 e. The molecule has 144 valence electrons. The molecule has 0 unspecified atom stereocenters. The van der Waals surface area contributed by atoms with E-state index in [-0.39, 0.29) is 5.91 Å². The van der Waals surface area contributed by atoms with Crippen LogP contribution in [0.3, 0.4) is 0 Å². The summed E-state index contributed by atoms with van der Waals surface area (Å²) in [4.78, 5) is 11.9. The largest absolute Gasteiger partial charge is 0.492 e. The maximum Gasteiger partial charge on any atom is 0.277 e. The number of carbonyl (C=O) groups is 1. The van der Waals surface area contributed by atoms with Crippen molar-refractivity contribution in [3.63, 3.8) is 0 Å². The molecule has 7 nitrogen and oxygen atoms in total. The SMILES string of the molecule is O=C(Nc1ccc(NC(=S)NCCOc2cccc(I)c2)cc1)c1csnn1. The third-order valence-electron chi connectivity index (χ3n) is 3.45. The zero-order valence-corrected chi connectivity index (χ0v) is 18.3. The number of nitrogens with zero attached hydrogens (tertiary/aromatic N) is 2. The predicted molar refractivity (Wildman–Crippen MR) is 123 cm³/mol. The first-order valence-electron chi connectivity index (χ1n) is 8.22. The zero-order chi connectivity index (χ0) is 19.8. The second kappa shape index (κ2) is 10.3. The summed E-state index contributed by atoms with van der Waals surface area (Å²) in [6.07, 6.45) is 0. The molecule has 0 spiro atoms. The monoisotopic (exact) mass is 525 g/mol. The standard InChI is InChI=1S/C18H16IN5O2S2/c19-12-2-1-3-15(10-12)26-9-8-20-18(27)22-14-6-4-13(5-7-14)21-17(25)16-11-28-24-23-16/h1-7,10-11H,8-9H2,(H,21,25)(H2,20,22,27). The van der Waals surface area contributed by atoms with Gasteiger partial charge in [0, 0.05) is 20.3 Å². The number of hydrogen-bond acceptors (Lipinski definition) is 6. The highest BCUT2D eigenvalue weighted by molar-refractivity contribution is 14.1. The summed E-state index contributed by atoms with van der Waals surface area (Å²) in [5, 5.41) is 14.8. The van der Waals surface area contributed by atoms with E-state index in [0.29, 0.717) is 29.6 Å². The number of benzene rings is 2. The van der Waals surface area contributed by atoms with Crippen LogP contribution in [-0.2, 0) is 0 Å². The lowest BCUT2D eigenvalue weighted by Crippen LogP contribution is -2.31. The fraction of sp³-hybridized carbons (Fsp3) is 0.111. The van der Waals surface area contributed by atoms with Gasteiger partial charge in [0.15, 0.2) is 10.8 Å². The molecule has 0 bridgehead atoms. The van der Waals surface area contributed by atoms with Gasteiger partial charge < -0.3 is 20.7 Å². The Labute approximate surface area is 185 Å². The molecule has 0 atom stereocenters. The Balaban J connectivity index is 1.39. The van der Waals surface area contributed by atoms with E-state index in [1.165, 1.54) is 0 Å². The Morgan fingerprint density at radius 2 is 1.89 bits per heavy atom. The van der Waals surface area contributed by atoms with Crippen molar-refractivity contribution in [1.82, 2.24) is 14.9 Å². The maximum absolute atomic E-state index is 11.9. The van der Waals surface area contributed by atoms with Crippen LogP contribution in [-0.4, -0.2) is 33.8 Å². The molecule has 0 fully saturated rings. The molecule has 0 saturated heterocycles. The summed E-state index contributed by atoms with van der Waals surface area (Å²) in [6.45, 7) is 1.07. The van der Waals surface area contributed by atoms with Gasteiger partial charge in [0.25, 0.3) is 5.91 Å². The number of ether oxygens (including phenoxy) is 1. The van der Waals surface area contributed by atoms with Crippen molar-refractivity contribution >= 4 is 68.7 Å². The first-order valence-corrected chi connectivity index (χ1v) is 10.5. The van der Waals surface area contributed by atoms with Gasteiger partial charge in [-0.3, -0.25) is 4.79 Å². The fourth-order valence-electron chi connectivity index (χ4n) is 2.16. The van der Waals surface area contributed by atoms with Crippen molar-refractivity contribution in [3.8, 4) is 5.75 Å². The van der Waals surface area contributed by atoms with Crippen molar-refractivity contribution in [2.75, 3.05) is 23.8 Å². The molecule has 3 N–H and O–H groups in total. The number of halogens is 1. The highest BCUT2D eigenvalue weighted by atomic mass is 127. The summed E-state index contributed by atoms with van der Waals surface area (Å²) in [5.74, 6) is 0.540. The molecule has 1 heterocycles. The van der Waals surface area contributed by atoms with E-state index >= 15 is 0 Å². The minimum atomic E-state index is -0.292. The molecule has 0 aliphatic heterocycles. The van der Waals surface area contributed by atoms with Crippen LogP contribution in [0.4, 0.5) is 11.4 Å². The topological polar surface area (TPSA) is 88.2 Å². The van der Waals surface area contributed by atoms with E-state index in [0.717, 1.165) is 26.5 Å². The fourth-order valence-corrected chi connectivity index (χ4v) is 3.33. The van der Waals surface area contributed by atoms with Crippen LogP contribution in [0.2, 0.25) is 0 Å². The number of aromatic nitrogens is 2. The van der Waals surface area contributed by atoms with E-state index in [1.807, 2.05) is 36.4 Å². The molecule has 0 radical (unpaired) electrons. The number of carbonyl (C=O) groups excluding carboxylic acids is 1. The minimum Gasteiger partial charge on any atom is -0.492 e. The lowest BCUT2D eigenvalue weighted by molar-refractivity contribution is 0.102. The molecule has 2 aromatic carbocycles. The first kappa shape index (κ1) is 20.4. The van der Waals surface area contributed by atoms with Gasteiger partial charge in [-0.1, -0.05) is 10.6 Å². The van der Waals surface area contributed by atoms with Crippen molar-refractivity contribution in [2.45, 2.75) is 0 Å². The normalized spacial score (nSPS) is 10.2. The van der Waals surface area contributed by atoms with Gasteiger partial charge in [0.05, 0.1) is 6.54 Å².